The number of carbonyl (C=O) groups excluding carboxylic acids is 3. The standard InChI is InChI=1S/C22H22FN3O3/c23-18-5-3-4-17(12-18)19-13-20(27)26(22(29)24-19)14-15-6-8-16(9-7-15)21(28)25-10-1-2-11-25/h3-9,12,19H,1-2,10-11,13-14H2,(H,24,29). The number of urea groups is 1. The predicted molar refractivity (Wildman–Crippen MR) is 104 cm³/mol. The smallest absolute Gasteiger partial charge is 0.324 e. The van der Waals surface area contributed by atoms with Crippen LogP contribution in [0.3, 0.4) is 0 Å². The van der Waals surface area contributed by atoms with E-state index in [1.165, 1.54) is 12.1 Å². The van der Waals surface area contributed by atoms with Crippen LogP contribution in [-0.4, -0.2) is 40.7 Å². The molecule has 1 unspecified atom stereocenters. The summed E-state index contributed by atoms with van der Waals surface area (Å²) < 4.78 is 13.4. The van der Waals surface area contributed by atoms with E-state index in [4.69, 9.17) is 0 Å². The maximum atomic E-state index is 13.4. The Kier molecular flexibility index (Phi) is 5.29. The van der Waals surface area contributed by atoms with Crippen LogP contribution >= 0.6 is 0 Å². The number of benzene rings is 2. The average molecular weight is 395 g/mol. The van der Waals surface area contributed by atoms with Gasteiger partial charge >= 0.3 is 6.03 Å². The topological polar surface area (TPSA) is 69.7 Å². The fraction of sp³-hybridized carbons (Fsp3) is 0.318. The minimum atomic E-state index is -0.539. The molecule has 29 heavy (non-hydrogen) atoms. The van der Waals surface area contributed by atoms with Crippen LogP contribution in [0.25, 0.3) is 0 Å². The van der Waals surface area contributed by atoms with Crippen LogP contribution in [0.2, 0.25) is 0 Å². The Morgan fingerprint density at radius 2 is 1.79 bits per heavy atom. The van der Waals surface area contributed by atoms with E-state index in [9.17, 15) is 18.8 Å². The first kappa shape index (κ1) is 19.1. The lowest BCUT2D eigenvalue weighted by atomic mass is 10.0. The molecular weight excluding hydrogens is 373 g/mol. The molecule has 150 valence electrons. The third-order valence-corrected chi connectivity index (χ3v) is 5.41. The van der Waals surface area contributed by atoms with E-state index in [0.717, 1.165) is 36.4 Å². The van der Waals surface area contributed by atoms with Crippen molar-refractivity contribution in [3.8, 4) is 0 Å². The van der Waals surface area contributed by atoms with E-state index in [-0.39, 0.29) is 24.8 Å². The molecule has 0 radical (unpaired) electrons. The molecular formula is C22H22FN3O3. The normalized spacial score (nSPS) is 19.4. The molecule has 0 bridgehead atoms. The van der Waals surface area contributed by atoms with Gasteiger partial charge in [-0.05, 0) is 48.2 Å². The van der Waals surface area contributed by atoms with Crippen molar-refractivity contribution in [1.29, 1.82) is 0 Å². The summed E-state index contributed by atoms with van der Waals surface area (Å²) in [5.41, 5.74) is 1.93. The molecule has 2 heterocycles. The van der Waals surface area contributed by atoms with Crippen molar-refractivity contribution in [3.05, 3.63) is 71.0 Å². The summed E-state index contributed by atoms with van der Waals surface area (Å²) in [7, 11) is 0. The predicted octanol–water partition coefficient (Wildman–Crippen LogP) is 3.24. The zero-order valence-electron chi connectivity index (χ0n) is 15.9. The summed E-state index contributed by atoms with van der Waals surface area (Å²) in [6.07, 6.45) is 2.14. The van der Waals surface area contributed by atoms with Crippen molar-refractivity contribution in [3.63, 3.8) is 0 Å². The Morgan fingerprint density at radius 3 is 2.45 bits per heavy atom. The van der Waals surface area contributed by atoms with Gasteiger partial charge in [-0.1, -0.05) is 24.3 Å². The van der Waals surface area contributed by atoms with E-state index >= 15 is 0 Å². The van der Waals surface area contributed by atoms with Gasteiger partial charge in [-0.3, -0.25) is 14.5 Å². The minimum Gasteiger partial charge on any atom is -0.339 e. The van der Waals surface area contributed by atoms with Gasteiger partial charge in [0, 0.05) is 18.7 Å². The number of imide groups is 1. The number of nitrogens with zero attached hydrogens (tertiary/aromatic N) is 2. The molecule has 0 spiro atoms. The van der Waals surface area contributed by atoms with Crippen molar-refractivity contribution in [1.82, 2.24) is 15.1 Å². The average Bonchev–Trinajstić information content (AvgIpc) is 3.25. The van der Waals surface area contributed by atoms with Crippen LogP contribution in [0.15, 0.2) is 48.5 Å². The largest absolute Gasteiger partial charge is 0.339 e. The van der Waals surface area contributed by atoms with E-state index in [0.29, 0.717) is 11.1 Å². The molecule has 0 saturated carbocycles. The minimum absolute atomic E-state index is 0.0128. The molecule has 2 aromatic rings. The second-order valence-electron chi connectivity index (χ2n) is 7.44. The quantitative estimate of drug-likeness (QED) is 0.864. The Balaban J connectivity index is 1.41. The maximum Gasteiger partial charge on any atom is 0.324 e. The van der Waals surface area contributed by atoms with Crippen molar-refractivity contribution >= 4 is 17.8 Å². The highest BCUT2D eigenvalue weighted by atomic mass is 19.1. The molecule has 2 aromatic carbocycles. The Labute approximate surface area is 168 Å². The lowest BCUT2D eigenvalue weighted by Gasteiger charge is -2.31. The maximum absolute atomic E-state index is 13.4. The number of hydrogen-bond donors (Lipinski definition) is 1. The third kappa shape index (κ3) is 4.13. The Morgan fingerprint density at radius 1 is 1.07 bits per heavy atom. The molecule has 4 rings (SSSR count). The summed E-state index contributed by atoms with van der Waals surface area (Å²) in [4.78, 5) is 40.4. The molecule has 1 N–H and O–H groups in total. The van der Waals surface area contributed by atoms with Crippen LogP contribution in [0.5, 0.6) is 0 Å². The van der Waals surface area contributed by atoms with Gasteiger partial charge in [0.15, 0.2) is 0 Å². The molecule has 0 aliphatic carbocycles. The first-order chi connectivity index (χ1) is 14.0. The van der Waals surface area contributed by atoms with E-state index in [1.54, 1.807) is 36.4 Å². The number of likely N-dealkylation sites (tertiary alicyclic amines) is 1. The van der Waals surface area contributed by atoms with Crippen LogP contribution in [0.1, 0.15) is 46.8 Å². The second-order valence-corrected chi connectivity index (χ2v) is 7.44. The second kappa shape index (κ2) is 8.03. The van der Waals surface area contributed by atoms with Gasteiger partial charge in [-0.15, -0.1) is 0 Å². The number of rotatable bonds is 4. The molecule has 2 aliphatic heterocycles. The van der Waals surface area contributed by atoms with Crippen LogP contribution in [0, 0.1) is 5.82 Å². The zero-order chi connectivity index (χ0) is 20.4. The van der Waals surface area contributed by atoms with Crippen molar-refractivity contribution in [2.24, 2.45) is 0 Å². The van der Waals surface area contributed by atoms with Gasteiger partial charge in [0.05, 0.1) is 19.0 Å². The lowest BCUT2D eigenvalue weighted by Crippen LogP contribution is -2.50. The van der Waals surface area contributed by atoms with Gasteiger partial charge in [0.2, 0.25) is 5.91 Å². The monoisotopic (exact) mass is 395 g/mol. The summed E-state index contributed by atoms with van der Waals surface area (Å²) in [5.74, 6) is -0.714. The van der Waals surface area contributed by atoms with E-state index in [2.05, 4.69) is 5.32 Å². The fourth-order valence-corrected chi connectivity index (χ4v) is 3.80. The summed E-state index contributed by atoms with van der Waals surface area (Å²) >= 11 is 0. The van der Waals surface area contributed by atoms with Gasteiger partial charge in [-0.2, -0.15) is 0 Å². The Hall–Kier alpha value is -3.22. The van der Waals surface area contributed by atoms with Crippen LogP contribution in [-0.2, 0) is 11.3 Å². The SMILES string of the molecule is O=C(c1ccc(CN2C(=O)CC(c3cccc(F)c3)NC2=O)cc1)N1CCCC1. The molecule has 1 atom stereocenters. The first-order valence-corrected chi connectivity index (χ1v) is 9.76. The molecule has 7 heteroatoms. The van der Waals surface area contributed by atoms with Crippen molar-refractivity contribution in [2.75, 3.05) is 13.1 Å². The first-order valence-electron chi connectivity index (χ1n) is 9.76. The molecule has 0 aromatic heterocycles. The number of amides is 4. The summed E-state index contributed by atoms with van der Waals surface area (Å²) in [5, 5.41) is 2.77. The molecule has 6 nitrogen and oxygen atoms in total. The highest BCUT2D eigenvalue weighted by Gasteiger charge is 2.33. The lowest BCUT2D eigenvalue weighted by molar-refractivity contribution is -0.130. The molecule has 4 amide bonds. The number of halogens is 1. The van der Waals surface area contributed by atoms with Crippen LogP contribution in [0.4, 0.5) is 9.18 Å². The van der Waals surface area contributed by atoms with Gasteiger partial charge in [0.1, 0.15) is 5.82 Å². The Bertz CT molecular complexity index is 921. The molecule has 2 fully saturated rings. The summed E-state index contributed by atoms with van der Waals surface area (Å²) in [6, 6.07) is 11.8. The zero-order valence-corrected chi connectivity index (χ0v) is 15.9. The number of nitrogens with one attached hydrogen (secondary N) is 1. The van der Waals surface area contributed by atoms with E-state index < -0.39 is 17.9 Å². The molecule has 2 saturated heterocycles. The fourth-order valence-electron chi connectivity index (χ4n) is 3.80. The van der Waals surface area contributed by atoms with Gasteiger partial charge in [0.25, 0.3) is 5.91 Å². The van der Waals surface area contributed by atoms with Gasteiger partial charge < -0.3 is 10.2 Å². The van der Waals surface area contributed by atoms with Crippen molar-refractivity contribution in [2.45, 2.75) is 31.8 Å². The van der Waals surface area contributed by atoms with Crippen LogP contribution < -0.4 is 5.32 Å². The number of hydrogen-bond acceptors (Lipinski definition) is 3. The molecule has 2 aliphatic rings. The number of carbonyl (C=O) groups is 3. The highest BCUT2D eigenvalue weighted by Crippen LogP contribution is 2.24. The summed E-state index contributed by atoms with van der Waals surface area (Å²) in [6.45, 7) is 1.70. The third-order valence-electron chi connectivity index (χ3n) is 5.41. The highest BCUT2D eigenvalue weighted by molar-refractivity contribution is 5.97. The van der Waals surface area contributed by atoms with Crippen molar-refractivity contribution < 1.29 is 18.8 Å². The van der Waals surface area contributed by atoms with Gasteiger partial charge in [-0.25, -0.2) is 9.18 Å². The van der Waals surface area contributed by atoms with E-state index in [1.807, 2.05) is 4.90 Å².